The average molecular weight is 411 g/mol. The van der Waals surface area contributed by atoms with Crippen LogP contribution in [0.1, 0.15) is 13.3 Å². The molecule has 2 heterocycles. The maximum absolute atomic E-state index is 11.9. The van der Waals surface area contributed by atoms with Gasteiger partial charge in [-0.15, -0.1) is 0 Å². The van der Waals surface area contributed by atoms with Gasteiger partial charge in [-0.1, -0.05) is 0 Å². The molecular weight excluding hydrogens is 386 g/mol. The Bertz CT molecular complexity index is 561. The number of nitrogens with one attached hydrogen (secondary N) is 1. The lowest BCUT2D eigenvalue weighted by Crippen LogP contribution is -2.67. The molecule has 0 aliphatic carbocycles. The predicted octanol–water partition coefficient (Wildman–Crippen LogP) is -4.77. The van der Waals surface area contributed by atoms with Gasteiger partial charge in [-0.05, 0) is 6.92 Å². The van der Waals surface area contributed by atoms with Crippen molar-refractivity contribution < 1.29 is 59.5 Å². The van der Waals surface area contributed by atoms with Gasteiger partial charge in [0.05, 0.1) is 24.9 Å². The Morgan fingerprint density at radius 1 is 1.21 bits per heavy atom. The third-order valence-corrected chi connectivity index (χ3v) is 4.79. The van der Waals surface area contributed by atoms with Gasteiger partial charge in [-0.3, -0.25) is 4.79 Å². The summed E-state index contributed by atoms with van der Waals surface area (Å²) in [6.07, 6.45) is -13.5. The van der Waals surface area contributed by atoms with Crippen molar-refractivity contribution in [3.63, 3.8) is 0 Å². The highest BCUT2D eigenvalue weighted by Crippen LogP contribution is 2.35. The van der Waals surface area contributed by atoms with Gasteiger partial charge in [0.15, 0.2) is 6.29 Å². The number of carboxylic acids is 1. The van der Waals surface area contributed by atoms with Gasteiger partial charge >= 0.3 is 5.97 Å². The first-order valence-corrected chi connectivity index (χ1v) is 8.52. The summed E-state index contributed by atoms with van der Waals surface area (Å²) < 4.78 is 15.5. The largest absolute Gasteiger partial charge is 0.477 e. The van der Waals surface area contributed by atoms with Crippen LogP contribution in [0.25, 0.3) is 0 Å². The first-order valence-electron chi connectivity index (χ1n) is 8.52. The molecule has 8 N–H and O–H groups in total. The van der Waals surface area contributed by atoms with E-state index in [2.05, 4.69) is 5.32 Å². The Hall–Kier alpha value is -1.42. The Morgan fingerprint density at radius 2 is 1.86 bits per heavy atom. The molecule has 1 amide bonds. The Kier molecular flexibility index (Phi) is 7.30. The summed E-state index contributed by atoms with van der Waals surface area (Å²) >= 11 is 0. The zero-order chi connectivity index (χ0) is 21.2. The smallest absolute Gasteiger partial charge is 0.364 e. The van der Waals surface area contributed by atoms with Crippen LogP contribution < -0.4 is 5.32 Å². The van der Waals surface area contributed by atoms with Crippen molar-refractivity contribution in [1.82, 2.24) is 5.32 Å². The van der Waals surface area contributed by atoms with Crippen LogP contribution in [0.15, 0.2) is 0 Å². The van der Waals surface area contributed by atoms with E-state index in [4.69, 9.17) is 14.2 Å². The van der Waals surface area contributed by atoms with E-state index in [0.717, 1.165) is 0 Å². The van der Waals surface area contributed by atoms with Gasteiger partial charge in [-0.25, -0.2) is 4.79 Å². The maximum atomic E-state index is 11.9. The van der Waals surface area contributed by atoms with Crippen LogP contribution in [0.5, 0.6) is 0 Å². The Morgan fingerprint density at radius 3 is 2.39 bits per heavy atom. The third kappa shape index (κ3) is 4.42. The quantitative estimate of drug-likeness (QED) is 0.185. The molecule has 0 unspecified atom stereocenters. The predicted molar refractivity (Wildman–Crippen MR) is 85.4 cm³/mol. The average Bonchev–Trinajstić information content (AvgIpc) is 2.63. The monoisotopic (exact) mass is 411 g/mol. The number of hydrogen-bond acceptors (Lipinski definition) is 11. The van der Waals surface area contributed by atoms with Crippen molar-refractivity contribution in [2.75, 3.05) is 6.61 Å². The number of carboxylic acid groups (broad SMARTS) is 1. The number of carbonyl (C=O) groups excluding carboxylic acids is 1. The third-order valence-electron chi connectivity index (χ3n) is 4.79. The molecule has 162 valence electrons. The summed E-state index contributed by atoms with van der Waals surface area (Å²) in [6.45, 7) is 0.742. The molecule has 2 aliphatic rings. The molecule has 0 aromatic carbocycles. The molecule has 2 rings (SSSR count). The molecule has 2 saturated heterocycles. The van der Waals surface area contributed by atoms with Crippen LogP contribution in [0, 0.1) is 0 Å². The lowest BCUT2D eigenvalue weighted by molar-refractivity contribution is -0.354. The van der Waals surface area contributed by atoms with E-state index in [9.17, 15) is 45.3 Å². The van der Waals surface area contributed by atoms with Gasteiger partial charge in [0, 0.05) is 6.42 Å². The summed E-state index contributed by atoms with van der Waals surface area (Å²) in [7, 11) is 0. The number of hydrogen-bond donors (Lipinski definition) is 8. The van der Waals surface area contributed by atoms with Crippen molar-refractivity contribution >= 4 is 12.4 Å². The van der Waals surface area contributed by atoms with E-state index in [1.165, 1.54) is 6.92 Å². The summed E-state index contributed by atoms with van der Waals surface area (Å²) in [5.74, 6) is -4.34. The molecule has 13 heteroatoms. The second-order valence-corrected chi connectivity index (χ2v) is 6.81. The number of ether oxygens (including phenoxy) is 3. The van der Waals surface area contributed by atoms with Crippen molar-refractivity contribution in [2.24, 2.45) is 0 Å². The van der Waals surface area contributed by atoms with Crippen LogP contribution >= 0.6 is 0 Å². The lowest BCUT2D eigenvalue weighted by Gasteiger charge is -2.47. The summed E-state index contributed by atoms with van der Waals surface area (Å²) in [6, 6.07) is -1.30. The maximum Gasteiger partial charge on any atom is 0.364 e. The Balaban J connectivity index is 2.31. The minimum absolute atomic E-state index is 0.203. The van der Waals surface area contributed by atoms with Crippen molar-refractivity contribution in [1.29, 1.82) is 0 Å². The standard InChI is InChI=1S/C15H25NO12/c1-5(18)8(16-4-17)12-9(20)6(19)2-15(28-12,14(24)25)27-7-3-26-13(23)11(22)10(7)21/h4-13,18-23H,2-3H2,1H3,(H,16,17)(H,24,25)/t5-,6-,7+,8-,9-,10-,11+,12-,13-,15-/m0/s1. The first-order chi connectivity index (χ1) is 13.0. The fourth-order valence-corrected chi connectivity index (χ4v) is 3.22. The Labute approximate surface area is 159 Å². The van der Waals surface area contributed by atoms with E-state index in [1.54, 1.807) is 0 Å². The molecule has 0 aromatic rings. The number of aliphatic hydroxyl groups excluding tert-OH is 6. The zero-order valence-corrected chi connectivity index (χ0v) is 14.9. The van der Waals surface area contributed by atoms with Gasteiger partial charge in [0.25, 0.3) is 5.79 Å². The molecule has 0 saturated carbocycles. The summed E-state index contributed by atoms with van der Waals surface area (Å²) in [5.41, 5.74) is 0. The van der Waals surface area contributed by atoms with E-state index in [1.807, 2.05) is 0 Å². The number of amides is 1. The number of aliphatic hydroxyl groups is 6. The normalized spacial score (nSPS) is 43.8. The zero-order valence-electron chi connectivity index (χ0n) is 14.9. The van der Waals surface area contributed by atoms with E-state index >= 15 is 0 Å². The highest BCUT2D eigenvalue weighted by atomic mass is 16.7. The van der Waals surface area contributed by atoms with Crippen LogP contribution in [0.3, 0.4) is 0 Å². The first kappa shape index (κ1) is 22.9. The molecular formula is C15H25NO12. The van der Waals surface area contributed by atoms with Crippen LogP contribution in [-0.2, 0) is 23.8 Å². The second-order valence-electron chi connectivity index (χ2n) is 6.81. The molecule has 10 atom stereocenters. The van der Waals surface area contributed by atoms with Crippen LogP contribution in [0.2, 0.25) is 0 Å². The minimum atomic E-state index is -2.61. The number of rotatable bonds is 7. The molecule has 0 spiro atoms. The fourth-order valence-electron chi connectivity index (χ4n) is 3.22. The summed E-state index contributed by atoms with van der Waals surface area (Å²) in [4.78, 5) is 22.7. The molecule has 28 heavy (non-hydrogen) atoms. The molecule has 0 bridgehead atoms. The number of carbonyl (C=O) groups is 2. The highest BCUT2D eigenvalue weighted by molar-refractivity contribution is 5.76. The topological polar surface area (TPSA) is 215 Å². The van der Waals surface area contributed by atoms with Crippen molar-refractivity contribution in [3.8, 4) is 0 Å². The highest BCUT2D eigenvalue weighted by Gasteiger charge is 2.57. The van der Waals surface area contributed by atoms with E-state index in [-0.39, 0.29) is 6.41 Å². The number of aliphatic carboxylic acids is 1. The summed E-state index contributed by atoms with van der Waals surface area (Å²) in [5, 5.41) is 71.1. The van der Waals surface area contributed by atoms with Gasteiger partial charge < -0.3 is 55.3 Å². The molecule has 0 radical (unpaired) electrons. The SMILES string of the molecule is C[C@H](O)[C@H](NC=O)[C@@H]1O[C@](O[C@@H]2CO[C@H](O)[C@H](O)[C@H]2O)(C(=O)O)C[C@H](O)[C@@H]1O. The van der Waals surface area contributed by atoms with Gasteiger partial charge in [0.1, 0.15) is 30.5 Å². The van der Waals surface area contributed by atoms with Crippen LogP contribution in [0.4, 0.5) is 0 Å². The molecule has 2 aliphatic heterocycles. The van der Waals surface area contributed by atoms with Gasteiger partial charge in [0.2, 0.25) is 6.41 Å². The lowest BCUT2D eigenvalue weighted by atomic mass is 9.89. The van der Waals surface area contributed by atoms with Gasteiger partial charge in [-0.2, -0.15) is 0 Å². The molecule has 0 aromatic heterocycles. The molecule has 13 nitrogen and oxygen atoms in total. The van der Waals surface area contributed by atoms with Crippen molar-refractivity contribution in [2.45, 2.75) is 74.2 Å². The molecule has 2 fully saturated rings. The van der Waals surface area contributed by atoms with Crippen LogP contribution in [-0.4, -0.2) is 116 Å². The second kappa shape index (κ2) is 8.94. The van der Waals surface area contributed by atoms with E-state index < -0.39 is 79.8 Å². The minimum Gasteiger partial charge on any atom is -0.477 e. The fraction of sp³-hybridized carbons (Fsp3) is 0.867. The van der Waals surface area contributed by atoms with E-state index in [0.29, 0.717) is 0 Å². The van der Waals surface area contributed by atoms with Crippen molar-refractivity contribution in [3.05, 3.63) is 0 Å².